The summed E-state index contributed by atoms with van der Waals surface area (Å²) in [5, 5.41) is 30.8. The first-order chi connectivity index (χ1) is 12.2. The molecule has 2 N–H and O–H groups in total. The van der Waals surface area contributed by atoms with Crippen LogP contribution in [-0.2, 0) is 4.74 Å². The van der Waals surface area contributed by atoms with Gasteiger partial charge in [-0.2, -0.15) is 0 Å². The molecule has 7 nitrogen and oxygen atoms in total. The Morgan fingerprint density at radius 1 is 1.27 bits per heavy atom. The van der Waals surface area contributed by atoms with Crippen molar-refractivity contribution in [3.8, 4) is 0 Å². The monoisotopic (exact) mass is 372 g/mol. The lowest BCUT2D eigenvalue weighted by molar-refractivity contribution is -0.479. The Labute approximate surface area is 157 Å². The van der Waals surface area contributed by atoms with Gasteiger partial charge in [-0.25, -0.2) is 0 Å². The van der Waals surface area contributed by atoms with E-state index < -0.39 is 12.5 Å². The molecule has 0 aliphatic heterocycles. The first-order valence-corrected chi connectivity index (χ1v) is 9.38. The molecule has 0 spiro atoms. The maximum absolute atomic E-state index is 10.6. The number of nitro groups is 1. The second kappa shape index (κ2) is 13.9. The zero-order valence-corrected chi connectivity index (χ0v) is 16.8. The molecule has 0 aromatic heterocycles. The molecule has 0 saturated carbocycles. The van der Waals surface area contributed by atoms with Gasteiger partial charge in [0.1, 0.15) is 6.23 Å². The molecule has 7 heteroatoms. The van der Waals surface area contributed by atoms with Gasteiger partial charge in [0.2, 0.25) is 6.54 Å². The van der Waals surface area contributed by atoms with Crippen LogP contribution in [0.4, 0.5) is 0 Å². The number of rotatable bonds is 14. The van der Waals surface area contributed by atoms with Gasteiger partial charge < -0.3 is 14.9 Å². The Kier molecular flexibility index (Phi) is 13.2. The van der Waals surface area contributed by atoms with E-state index >= 15 is 0 Å². The highest BCUT2D eigenvalue weighted by Gasteiger charge is 2.19. The van der Waals surface area contributed by atoms with Crippen LogP contribution in [0.1, 0.15) is 53.9 Å². The summed E-state index contributed by atoms with van der Waals surface area (Å²) < 4.78 is 5.13. The van der Waals surface area contributed by atoms with E-state index in [0.29, 0.717) is 38.3 Å². The van der Waals surface area contributed by atoms with Crippen molar-refractivity contribution >= 4 is 0 Å². The van der Waals surface area contributed by atoms with Gasteiger partial charge in [0, 0.05) is 30.5 Å². The molecule has 0 aliphatic carbocycles. The molecule has 0 rings (SSSR count). The van der Waals surface area contributed by atoms with Crippen molar-refractivity contribution in [1.82, 2.24) is 4.90 Å². The van der Waals surface area contributed by atoms with Crippen LogP contribution in [-0.4, -0.2) is 58.3 Å². The van der Waals surface area contributed by atoms with E-state index in [1.54, 1.807) is 13.0 Å². The van der Waals surface area contributed by atoms with Gasteiger partial charge in [-0.1, -0.05) is 31.6 Å². The van der Waals surface area contributed by atoms with Crippen molar-refractivity contribution in [3.63, 3.8) is 0 Å². The minimum Gasteiger partial charge on any atom is -0.375 e. The molecule has 0 aliphatic rings. The third kappa shape index (κ3) is 12.1. The molecule has 0 heterocycles. The number of hydrogen-bond donors (Lipinski definition) is 2. The van der Waals surface area contributed by atoms with E-state index in [4.69, 9.17) is 4.74 Å². The molecular formula is C19H36N2O5. The highest BCUT2D eigenvalue weighted by molar-refractivity contribution is 5.04. The van der Waals surface area contributed by atoms with E-state index in [-0.39, 0.29) is 17.5 Å². The van der Waals surface area contributed by atoms with Gasteiger partial charge in [-0.05, 0) is 45.6 Å². The molecular weight excluding hydrogens is 336 g/mol. The summed E-state index contributed by atoms with van der Waals surface area (Å²) in [5.41, 5.74) is 0.786. The number of hydrogen-bond acceptors (Lipinski definition) is 6. The molecule has 0 bridgehead atoms. The van der Waals surface area contributed by atoms with Crippen LogP contribution < -0.4 is 0 Å². The molecule has 0 amide bonds. The predicted molar refractivity (Wildman–Crippen MR) is 103 cm³/mol. The normalized spacial score (nSPS) is 16.4. The maximum Gasteiger partial charge on any atom is 0.207 e. The Morgan fingerprint density at radius 2 is 1.92 bits per heavy atom. The molecule has 0 saturated heterocycles. The second-order valence-electron chi connectivity index (χ2n) is 6.89. The molecule has 152 valence electrons. The summed E-state index contributed by atoms with van der Waals surface area (Å²) in [6.07, 6.45) is 5.65. The predicted octanol–water partition coefficient (Wildman–Crippen LogP) is 2.96. The fourth-order valence-corrected chi connectivity index (χ4v) is 2.50. The van der Waals surface area contributed by atoms with E-state index in [1.807, 2.05) is 24.8 Å². The second-order valence-corrected chi connectivity index (χ2v) is 6.89. The van der Waals surface area contributed by atoms with E-state index in [9.17, 15) is 20.3 Å². The Bertz CT molecular complexity index is 451. The summed E-state index contributed by atoms with van der Waals surface area (Å²) in [5.74, 6) is 0.411. The number of aliphatic hydroxyl groups is 2. The zero-order chi connectivity index (χ0) is 20.1. The highest BCUT2D eigenvalue weighted by Crippen LogP contribution is 2.14. The van der Waals surface area contributed by atoms with Crippen LogP contribution in [0.2, 0.25) is 0 Å². The SMILES string of the molecule is CCOC(O)CCCN(C(C)/C=C\C(C)C)C(O)/C=C(\C)CC[N+](=O)[O-]. The Hall–Kier alpha value is -1.28. The van der Waals surface area contributed by atoms with Crippen molar-refractivity contribution < 1.29 is 19.9 Å². The fraction of sp³-hybridized carbons (Fsp3) is 0.789. The minimum absolute atomic E-state index is 0.00352. The van der Waals surface area contributed by atoms with Crippen LogP contribution >= 0.6 is 0 Å². The van der Waals surface area contributed by atoms with Crippen LogP contribution in [0.5, 0.6) is 0 Å². The first-order valence-electron chi connectivity index (χ1n) is 9.38. The number of allylic oxidation sites excluding steroid dienone is 1. The van der Waals surface area contributed by atoms with Gasteiger partial charge in [0.05, 0.1) is 0 Å². The van der Waals surface area contributed by atoms with Gasteiger partial charge in [-0.15, -0.1) is 0 Å². The van der Waals surface area contributed by atoms with Crippen LogP contribution in [0, 0.1) is 16.0 Å². The van der Waals surface area contributed by atoms with Crippen LogP contribution in [0.15, 0.2) is 23.8 Å². The standard InChI is InChI=1S/C19H36N2O5/c1-6-26-19(23)8-7-12-20(17(5)10-9-15(2)3)18(22)14-16(4)11-13-21(24)25/h9-10,14-15,17-19,22-23H,6-8,11-13H2,1-5H3/b10-9-,16-14+. The third-order valence-corrected chi connectivity index (χ3v) is 3.99. The minimum atomic E-state index is -0.835. The molecule has 0 aromatic rings. The molecule has 26 heavy (non-hydrogen) atoms. The smallest absolute Gasteiger partial charge is 0.207 e. The topological polar surface area (TPSA) is 96.1 Å². The molecule has 0 fully saturated rings. The number of aliphatic hydroxyl groups excluding tert-OH is 2. The van der Waals surface area contributed by atoms with Crippen molar-refractivity contribution in [2.24, 2.45) is 5.92 Å². The molecule has 0 radical (unpaired) electrons. The average Bonchev–Trinajstić information content (AvgIpc) is 2.54. The van der Waals surface area contributed by atoms with Gasteiger partial charge in [0.15, 0.2) is 6.29 Å². The first kappa shape index (κ1) is 24.7. The molecule has 3 unspecified atom stereocenters. The Balaban J connectivity index is 4.93. The molecule has 0 aromatic carbocycles. The van der Waals surface area contributed by atoms with Crippen molar-refractivity contribution in [3.05, 3.63) is 33.9 Å². The lowest BCUT2D eigenvalue weighted by atomic mass is 10.1. The van der Waals surface area contributed by atoms with Crippen LogP contribution in [0.3, 0.4) is 0 Å². The van der Waals surface area contributed by atoms with Crippen LogP contribution in [0.25, 0.3) is 0 Å². The highest BCUT2D eigenvalue weighted by atomic mass is 16.6. The van der Waals surface area contributed by atoms with Crippen molar-refractivity contribution in [2.75, 3.05) is 19.7 Å². The summed E-state index contributed by atoms with van der Waals surface area (Å²) in [6, 6.07) is -0.00352. The van der Waals surface area contributed by atoms with Crippen molar-refractivity contribution in [1.29, 1.82) is 0 Å². The number of ether oxygens (including phenoxy) is 1. The summed E-state index contributed by atoms with van der Waals surface area (Å²) in [4.78, 5) is 12.1. The maximum atomic E-state index is 10.6. The summed E-state index contributed by atoms with van der Waals surface area (Å²) in [6.45, 7) is 10.7. The van der Waals surface area contributed by atoms with Crippen molar-refractivity contribution in [2.45, 2.75) is 72.4 Å². The summed E-state index contributed by atoms with van der Waals surface area (Å²) in [7, 11) is 0. The zero-order valence-electron chi connectivity index (χ0n) is 16.8. The quantitative estimate of drug-likeness (QED) is 0.211. The summed E-state index contributed by atoms with van der Waals surface area (Å²) >= 11 is 0. The van der Waals surface area contributed by atoms with E-state index in [0.717, 1.165) is 5.57 Å². The fourth-order valence-electron chi connectivity index (χ4n) is 2.50. The largest absolute Gasteiger partial charge is 0.375 e. The lowest BCUT2D eigenvalue weighted by Gasteiger charge is -2.31. The van der Waals surface area contributed by atoms with Gasteiger partial charge >= 0.3 is 0 Å². The average molecular weight is 373 g/mol. The Morgan fingerprint density at radius 3 is 2.46 bits per heavy atom. The molecule has 3 atom stereocenters. The van der Waals surface area contributed by atoms with Gasteiger partial charge in [-0.3, -0.25) is 15.0 Å². The van der Waals surface area contributed by atoms with E-state index in [1.165, 1.54) is 0 Å². The van der Waals surface area contributed by atoms with Gasteiger partial charge in [0.25, 0.3) is 0 Å². The number of nitrogens with zero attached hydrogens (tertiary/aromatic N) is 2. The van der Waals surface area contributed by atoms with E-state index in [2.05, 4.69) is 19.9 Å². The lowest BCUT2D eigenvalue weighted by Crippen LogP contribution is -2.41. The third-order valence-electron chi connectivity index (χ3n) is 3.99.